The zero-order valence-corrected chi connectivity index (χ0v) is 13.1. The maximum Gasteiger partial charge on any atom is 0.233 e. The molecule has 0 N–H and O–H groups in total. The summed E-state index contributed by atoms with van der Waals surface area (Å²) in [6.45, 7) is 0.776. The molecule has 0 radical (unpaired) electrons. The highest BCUT2D eigenvalue weighted by Crippen LogP contribution is 2.32. The Kier molecular flexibility index (Phi) is 4.39. The zero-order chi connectivity index (χ0) is 13.9. The Morgan fingerprint density at radius 1 is 1.35 bits per heavy atom. The van der Waals surface area contributed by atoms with Gasteiger partial charge in [0.1, 0.15) is 0 Å². The van der Waals surface area contributed by atoms with Gasteiger partial charge in [-0.2, -0.15) is 0 Å². The standard InChI is InChI=1S/C16H24N2OS/c1-17-10-4-5-14(17)11-18(13-8-9-13)16(19)12-20-15-6-2-3-7-15/h4-5,10,13,15H,2-3,6-9,11-12H2,1H3. The molecule has 3 nitrogen and oxygen atoms in total. The van der Waals surface area contributed by atoms with Crippen LogP contribution in [0.4, 0.5) is 0 Å². The second-order valence-electron chi connectivity index (χ2n) is 6.08. The van der Waals surface area contributed by atoms with Crippen molar-refractivity contribution in [3.63, 3.8) is 0 Å². The molecule has 2 aliphatic carbocycles. The van der Waals surface area contributed by atoms with Crippen molar-refractivity contribution in [2.75, 3.05) is 5.75 Å². The van der Waals surface area contributed by atoms with Crippen molar-refractivity contribution in [2.45, 2.75) is 56.4 Å². The van der Waals surface area contributed by atoms with E-state index in [-0.39, 0.29) is 0 Å². The van der Waals surface area contributed by atoms with Gasteiger partial charge in [0.15, 0.2) is 0 Å². The van der Waals surface area contributed by atoms with E-state index in [0.29, 0.717) is 17.7 Å². The number of nitrogens with zero attached hydrogens (tertiary/aromatic N) is 2. The van der Waals surface area contributed by atoms with Crippen LogP contribution in [0.1, 0.15) is 44.2 Å². The molecule has 2 aliphatic rings. The van der Waals surface area contributed by atoms with Crippen LogP contribution < -0.4 is 0 Å². The SMILES string of the molecule is Cn1cccc1CN(C(=O)CSC1CCCC1)C1CC1. The fraction of sp³-hybridized carbons (Fsp3) is 0.688. The largest absolute Gasteiger partial charge is 0.353 e. The van der Waals surface area contributed by atoms with Gasteiger partial charge in [0, 0.05) is 30.2 Å². The average Bonchev–Trinajstić information content (AvgIpc) is 2.98. The summed E-state index contributed by atoms with van der Waals surface area (Å²) in [4.78, 5) is 14.6. The van der Waals surface area contributed by atoms with Crippen molar-refractivity contribution < 1.29 is 4.79 Å². The number of aryl methyl sites for hydroxylation is 1. The number of rotatable bonds is 6. The molecule has 1 aromatic heterocycles. The summed E-state index contributed by atoms with van der Waals surface area (Å²) in [5, 5.41) is 0.732. The first kappa shape index (κ1) is 14.1. The summed E-state index contributed by atoms with van der Waals surface area (Å²) < 4.78 is 2.12. The molecule has 0 unspecified atom stereocenters. The van der Waals surface area contributed by atoms with E-state index in [0.717, 1.165) is 11.8 Å². The van der Waals surface area contributed by atoms with Gasteiger partial charge in [0.05, 0.1) is 12.3 Å². The zero-order valence-electron chi connectivity index (χ0n) is 12.3. The summed E-state index contributed by atoms with van der Waals surface area (Å²) in [5.41, 5.74) is 1.23. The van der Waals surface area contributed by atoms with Crippen LogP contribution in [-0.2, 0) is 18.4 Å². The van der Waals surface area contributed by atoms with Crippen molar-refractivity contribution in [1.82, 2.24) is 9.47 Å². The summed E-state index contributed by atoms with van der Waals surface area (Å²) in [6.07, 6.45) is 9.73. The first-order chi connectivity index (χ1) is 9.74. The van der Waals surface area contributed by atoms with Gasteiger partial charge in [-0.05, 0) is 37.8 Å². The van der Waals surface area contributed by atoms with Crippen molar-refractivity contribution >= 4 is 17.7 Å². The van der Waals surface area contributed by atoms with E-state index in [9.17, 15) is 4.79 Å². The molecule has 2 fully saturated rings. The molecule has 2 saturated carbocycles. The summed E-state index contributed by atoms with van der Waals surface area (Å²) in [5.74, 6) is 1.01. The lowest BCUT2D eigenvalue weighted by Crippen LogP contribution is -2.34. The molecule has 3 rings (SSSR count). The quantitative estimate of drug-likeness (QED) is 0.804. The maximum atomic E-state index is 12.5. The van der Waals surface area contributed by atoms with Gasteiger partial charge in [-0.25, -0.2) is 0 Å². The van der Waals surface area contributed by atoms with E-state index in [2.05, 4.69) is 34.8 Å². The van der Waals surface area contributed by atoms with E-state index >= 15 is 0 Å². The van der Waals surface area contributed by atoms with E-state index in [4.69, 9.17) is 0 Å². The van der Waals surface area contributed by atoms with E-state index in [1.54, 1.807) is 0 Å². The third kappa shape index (κ3) is 3.40. The fourth-order valence-corrected chi connectivity index (χ4v) is 4.18. The number of amides is 1. The number of aromatic nitrogens is 1. The highest BCUT2D eigenvalue weighted by atomic mass is 32.2. The monoisotopic (exact) mass is 292 g/mol. The van der Waals surface area contributed by atoms with Gasteiger partial charge in [-0.15, -0.1) is 11.8 Å². The van der Waals surface area contributed by atoms with Crippen LogP contribution in [0, 0.1) is 0 Å². The minimum absolute atomic E-state index is 0.339. The predicted molar refractivity (Wildman–Crippen MR) is 83.7 cm³/mol. The average molecular weight is 292 g/mol. The molecule has 0 spiro atoms. The molecule has 0 aromatic carbocycles. The normalized spacial score (nSPS) is 19.4. The minimum atomic E-state index is 0.339. The van der Waals surface area contributed by atoms with Crippen LogP contribution in [0.25, 0.3) is 0 Å². The molecule has 0 aliphatic heterocycles. The third-order valence-electron chi connectivity index (χ3n) is 4.44. The molecule has 0 atom stereocenters. The Bertz CT molecular complexity index is 461. The topological polar surface area (TPSA) is 25.2 Å². The van der Waals surface area contributed by atoms with Crippen LogP contribution in [0.2, 0.25) is 0 Å². The molecular formula is C16H24N2OS. The van der Waals surface area contributed by atoms with Crippen LogP contribution >= 0.6 is 11.8 Å². The number of carbonyl (C=O) groups is 1. The molecule has 110 valence electrons. The Morgan fingerprint density at radius 3 is 2.70 bits per heavy atom. The fourth-order valence-electron chi connectivity index (χ4n) is 2.97. The van der Waals surface area contributed by atoms with Crippen LogP contribution in [-0.4, -0.2) is 32.4 Å². The van der Waals surface area contributed by atoms with Crippen LogP contribution in [0.5, 0.6) is 0 Å². The first-order valence-electron chi connectivity index (χ1n) is 7.75. The number of carbonyl (C=O) groups excluding carboxylic acids is 1. The summed E-state index contributed by atoms with van der Waals surface area (Å²) in [7, 11) is 2.05. The molecule has 1 heterocycles. The summed E-state index contributed by atoms with van der Waals surface area (Å²) >= 11 is 1.88. The van der Waals surface area contributed by atoms with Gasteiger partial charge >= 0.3 is 0 Å². The highest BCUT2D eigenvalue weighted by Gasteiger charge is 2.33. The van der Waals surface area contributed by atoms with Crippen molar-refractivity contribution in [3.05, 3.63) is 24.0 Å². The van der Waals surface area contributed by atoms with E-state index < -0.39 is 0 Å². The van der Waals surface area contributed by atoms with Crippen molar-refractivity contribution in [3.8, 4) is 0 Å². The maximum absolute atomic E-state index is 12.5. The Labute approximate surface area is 125 Å². The van der Waals surface area contributed by atoms with Crippen molar-refractivity contribution in [1.29, 1.82) is 0 Å². The van der Waals surface area contributed by atoms with E-state index in [1.807, 2.05) is 11.8 Å². The molecule has 1 amide bonds. The third-order valence-corrected chi connectivity index (χ3v) is 5.79. The Morgan fingerprint density at radius 2 is 2.10 bits per heavy atom. The molecule has 0 saturated heterocycles. The smallest absolute Gasteiger partial charge is 0.233 e. The lowest BCUT2D eigenvalue weighted by Gasteiger charge is -2.23. The highest BCUT2D eigenvalue weighted by molar-refractivity contribution is 8.00. The number of thioether (sulfide) groups is 1. The number of hydrogen-bond acceptors (Lipinski definition) is 2. The Hall–Kier alpha value is -0.900. The lowest BCUT2D eigenvalue weighted by atomic mass is 10.3. The second-order valence-corrected chi connectivity index (χ2v) is 7.37. The Balaban J connectivity index is 1.55. The van der Waals surface area contributed by atoms with Gasteiger partial charge in [0.25, 0.3) is 0 Å². The minimum Gasteiger partial charge on any atom is -0.353 e. The molecular weight excluding hydrogens is 268 g/mol. The van der Waals surface area contributed by atoms with Gasteiger partial charge in [0.2, 0.25) is 5.91 Å². The van der Waals surface area contributed by atoms with Gasteiger partial charge in [-0.1, -0.05) is 12.8 Å². The van der Waals surface area contributed by atoms with Gasteiger partial charge in [-0.3, -0.25) is 4.79 Å². The number of hydrogen-bond donors (Lipinski definition) is 0. The summed E-state index contributed by atoms with van der Waals surface area (Å²) in [6, 6.07) is 4.67. The first-order valence-corrected chi connectivity index (χ1v) is 8.80. The molecule has 1 aromatic rings. The van der Waals surface area contributed by atoms with Gasteiger partial charge < -0.3 is 9.47 Å². The van der Waals surface area contributed by atoms with E-state index in [1.165, 1.54) is 44.2 Å². The van der Waals surface area contributed by atoms with Crippen molar-refractivity contribution in [2.24, 2.45) is 7.05 Å². The predicted octanol–water partition coefficient (Wildman–Crippen LogP) is 3.19. The van der Waals surface area contributed by atoms with Crippen LogP contribution in [0.3, 0.4) is 0 Å². The lowest BCUT2D eigenvalue weighted by molar-refractivity contribution is -0.129. The molecule has 0 bridgehead atoms. The molecule has 4 heteroatoms. The molecule has 20 heavy (non-hydrogen) atoms. The second kappa shape index (κ2) is 6.25. The van der Waals surface area contributed by atoms with Crippen LogP contribution in [0.15, 0.2) is 18.3 Å².